The molecule has 7 nitrogen and oxygen atoms in total. The summed E-state index contributed by atoms with van der Waals surface area (Å²) >= 11 is 0. The third-order valence-electron chi connectivity index (χ3n) is 6.90. The minimum Gasteiger partial charge on any atom is -0.338 e. The van der Waals surface area contributed by atoms with E-state index in [1.807, 2.05) is 29.7 Å². The van der Waals surface area contributed by atoms with Crippen LogP contribution in [0.2, 0.25) is 0 Å². The molecule has 2 aromatic rings. The molecule has 35 heavy (non-hydrogen) atoms. The minimum absolute atomic E-state index is 0.0929. The lowest BCUT2D eigenvalue weighted by molar-refractivity contribution is -0.138. The first-order chi connectivity index (χ1) is 16.7. The van der Waals surface area contributed by atoms with E-state index in [-0.39, 0.29) is 24.1 Å². The van der Waals surface area contributed by atoms with Gasteiger partial charge in [0, 0.05) is 50.7 Å². The Labute approximate surface area is 204 Å². The number of urea groups is 1. The van der Waals surface area contributed by atoms with E-state index in [4.69, 9.17) is 0 Å². The Bertz CT molecular complexity index is 951. The first-order valence-corrected chi connectivity index (χ1v) is 12.2. The standard InChI is InChI=1S/C25H33F3N6O/c1-18-15-33(23-29-13-22(14-30-23)25(26,27)28)16-19(2)34(18)24(35)31-12-20-8-10-32(11-9-20)17-21-6-4-3-5-7-21/h3-7,13-14,18-20H,8-12,15-17H2,1-2H3,(H,31,35)/t18-,19-/m1/s1. The predicted molar refractivity (Wildman–Crippen MR) is 128 cm³/mol. The average molecular weight is 491 g/mol. The van der Waals surface area contributed by atoms with E-state index in [0.717, 1.165) is 44.9 Å². The summed E-state index contributed by atoms with van der Waals surface area (Å²) in [6.45, 7) is 8.45. The molecule has 0 spiro atoms. The second-order valence-electron chi connectivity index (χ2n) is 9.67. The molecule has 1 N–H and O–H groups in total. The molecule has 3 heterocycles. The van der Waals surface area contributed by atoms with Crippen molar-refractivity contribution < 1.29 is 18.0 Å². The first-order valence-electron chi connectivity index (χ1n) is 12.2. The third kappa shape index (κ3) is 6.42. The van der Waals surface area contributed by atoms with E-state index in [2.05, 4.69) is 44.5 Å². The van der Waals surface area contributed by atoms with Crippen LogP contribution in [0.3, 0.4) is 0 Å². The topological polar surface area (TPSA) is 64.6 Å². The van der Waals surface area contributed by atoms with Crippen molar-refractivity contribution in [3.8, 4) is 0 Å². The van der Waals surface area contributed by atoms with E-state index in [1.165, 1.54) is 5.56 Å². The molecule has 0 radical (unpaired) electrons. The van der Waals surface area contributed by atoms with Gasteiger partial charge in [-0.15, -0.1) is 0 Å². The Morgan fingerprint density at radius 3 is 2.20 bits per heavy atom. The maximum absolute atomic E-state index is 13.0. The number of benzene rings is 1. The van der Waals surface area contributed by atoms with Crippen LogP contribution in [-0.4, -0.2) is 70.6 Å². The molecule has 0 unspecified atom stereocenters. The molecule has 0 bridgehead atoms. The molecule has 2 amide bonds. The molecule has 2 fully saturated rings. The van der Waals surface area contributed by atoms with E-state index in [0.29, 0.717) is 25.6 Å². The lowest BCUT2D eigenvalue weighted by atomic mass is 9.96. The Morgan fingerprint density at radius 2 is 1.63 bits per heavy atom. The van der Waals surface area contributed by atoms with Gasteiger partial charge in [0.25, 0.3) is 0 Å². The van der Waals surface area contributed by atoms with Gasteiger partial charge >= 0.3 is 12.2 Å². The van der Waals surface area contributed by atoms with Crippen LogP contribution in [0.5, 0.6) is 0 Å². The number of hydrogen-bond acceptors (Lipinski definition) is 5. The number of aromatic nitrogens is 2. The molecule has 2 saturated heterocycles. The van der Waals surface area contributed by atoms with Crippen molar-refractivity contribution in [1.29, 1.82) is 0 Å². The van der Waals surface area contributed by atoms with E-state index in [1.54, 1.807) is 0 Å². The van der Waals surface area contributed by atoms with Crippen LogP contribution in [0.25, 0.3) is 0 Å². The number of hydrogen-bond donors (Lipinski definition) is 1. The molecule has 190 valence electrons. The van der Waals surface area contributed by atoms with Gasteiger partial charge in [0.1, 0.15) is 0 Å². The summed E-state index contributed by atoms with van der Waals surface area (Å²) in [5.41, 5.74) is 0.453. The van der Waals surface area contributed by atoms with E-state index < -0.39 is 11.7 Å². The highest BCUT2D eigenvalue weighted by Crippen LogP contribution is 2.29. The van der Waals surface area contributed by atoms with Crippen LogP contribution in [0, 0.1) is 5.92 Å². The second kappa shape index (κ2) is 10.8. The fourth-order valence-electron chi connectivity index (χ4n) is 5.03. The van der Waals surface area contributed by atoms with Crippen LogP contribution in [-0.2, 0) is 12.7 Å². The maximum Gasteiger partial charge on any atom is 0.419 e. The van der Waals surface area contributed by atoms with Gasteiger partial charge < -0.3 is 15.1 Å². The lowest BCUT2D eigenvalue weighted by Crippen LogP contribution is -2.61. The van der Waals surface area contributed by atoms with E-state index >= 15 is 0 Å². The summed E-state index contributed by atoms with van der Waals surface area (Å²) in [6, 6.07) is 10.1. The summed E-state index contributed by atoms with van der Waals surface area (Å²) in [4.78, 5) is 26.9. The number of piperidine rings is 1. The summed E-state index contributed by atoms with van der Waals surface area (Å²) in [5, 5.41) is 3.12. The van der Waals surface area contributed by atoms with Crippen molar-refractivity contribution in [2.75, 3.05) is 37.6 Å². The predicted octanol–water partition coefficient (Wildman–Crippen LogP) is 4.02. The van der Waals surface area contributed by atoms with Gasteiger partial charge in [0.15, 0.2) is 0 Å². The number of likely N-dealkylation sites (tertiary alicyclic amines) is 1. The molecule has 0 aliphatic carbocycles. The number of carbonyl (C=O) groups excluding carboxylic acids is 1. The fourth-order valence-corrected chi connectivity index (χ4v) is 5.03. The van der Waals surface area contributed by atoms with Crippen molar-refractivity contribution >= 4 is 12.0 Å². The number of nitrogens with zero attached hydrogens (tertiary/aromatic N) is 5. The van der Waals surface area contributed by atoms with Gasteiger partial charge in [-0.05, 0) is 51.3 Å². The Hall–Kier alpha value is -2.88. The number of halogens is 3. The van der Waals surface area contributed by atoms with Gasteiger partial charge in [0.2, 0.25) is 5.95 Å². The molecule has 4 rings (SSSR count). The molecule has 0 saturated carbocycles. The second-order valence-corrected chi connectivity index (χ2v) is 9.67. The summed E-state index contributed by atoms with van der Waals surface area (Å²) in [7, 11) is 0. The quantitative estimate of drug-likeness (QED) is 0.686. The van der Waals surface area contributed by atoms with Crippen LogP contribution >= 0.6 is 0 Å². The molecular formula is C25H33F3N6O. The first kappa shape index (κ1) is 25.2. The highest BCUT2D eigenvalue weighted by molar-refractivity contribution is 5.75. The number of carbonyl (C=O) groups is 1. The van der Waals surface area contributed by atoms with Crippen molar-refractivity contribution in [2.24, 2.45) is 5.92 Å². The molecule has 2 atom stereocenters. The minimum atomic E-state index is -4.46. The molecule has 1 aromatic heterocycles. The van der Waals surface area contributed by atoms with Crippen LogP contribution in [0.4, 0.5) is 23.9 Å². The Kier molecular flexibility index (Phi) is 7.78. The van der Waals surface area contributed by atoms with Crippen molar-refractivity contribution in [3.05, 3.63) is 53.9 Å². The largest absolute Gasteiger partial charge is 0.419 e. The number of alkyl halides is 3. The third-order valence-corrected chi connectivity index (χ3v) is 6.90. The summed E-state index contributed by atoms with van der Waals surface area (Å²) in [6.07, 6.45) is -0.743. The van der Waals surface area contributed by atoms with Crippen molar-refractivity contribution in [1.82, 2.24) is 25.1 Å². The van der Waals surface area contributed by atoms with Crippen LogP contribution in [0.1, 0.15) is 37.8 Å². The normalized spacial score (nSPS) is 22.3. The van der Waals surface area contributed by atoms with Gasteiger partial charge in [-0.25, -0.2) is 14.8 Å². The molecule has 1 aromatic carbocycles. The zero-order chi connectivity index (χ0) is 25.0. The molecule has 2 aliphatic rings. The van der Waals surface area contributed by atoms with Crippen LogP contribution < -0.4 is 10.2 Å². The zero-order valence-electron chi connectivity index (χ0n) is 20.2. The molecule has 2 aliphatic heterocycles. The van der Waals surface area contributed by atoms with Gasteiger partial charge in [-0.1, -0.05) is 30.3 Å². The number of piperazine rings is 1. The number of amides is 2. The fraction of sp³-hybridized carbons (Fsp3) is 0.560. The number of nitrogens with one attached hydrogen (secondary N) is 1. The summed E-state index contributed by atoms with van der Waals surface area (Å²) in [5.74, 6) is 0.706. The maximum atomic E-state index is 13.0. The number of rotatable bonds is 5. The SMILES string of the molecule is C[C@@H]1CN(c2ncc(C(F)(F)F)cn2)C[C@@H](C)N1C(=O)NCC1CCN(Cc2ccccc2)CC1. The smallest absolute Gasteiger partial charge is 0.338 e. The average Bonchev–Trinajstić information content (AvgIpc) is 2.83. The Morgan fingerprint density at radius 1 is 1.03 bits per heavy atom. The van der Waals surface area contributed by atoms with Gasteiger partial charge in [-0.2, -0.15) is 13.2 Å². The molecular weight excluding hydrogens is 457 g/mol. The monoisotopic (exact) mass is 490 g/mol. The van der Waals surface area contributed by atoms with Crippen molar-refractivity contribution in [3.63, 3.8) is 0 Å². The summed E-state index contributed by atoms with van der Waals surface area (Å²) < 4.78 is 38.4. The lowest BCUT2D eigenvalue weighted by Gasteiger charge is -2.44. The molecule has 10 heteroatoms. The van der Waals surface area contributed by atoms with Crippen molar-refractivity contribution in [2.45, 2.75) is 51.5 Å². The van der Waals surface area contributed by atoms with Crippen LogP contribution in [0.15, 0.2) is 42.7 Å². The highest BCUT2D eigenvalue weighted by Gasteiger charge is 2.35. The van der Waals surface area contributed by atoms with E-state index in [9.17, 15) is 18.0 Å². The Balaban J connectivity index is 1.24. The highest BCUT2D eigenvalue weighted by atomic mass is 19.4. The number of anilines is 1. The zero-order valence-corrected chi connectivity index (χ0v) is 20.2. The van der Waals surface area contributed by atoms with Gasteiger partial charge in [-0.3, -0.25) is 4.90 Å². The van der Waals surface area contributed by atoms with Gasteiger partial charge in [0.05, 0.1) is 5.56 Å².